The number of carbonyl (C=O) groups is 1. The van der Waals surface area contributed by atoms with Crippen LogP contribution in [0.4, 0.5) is 5.69 Å². The Labute approximate surface area is 152 Å². The Morgan fingerprint density at radius 1 is 1.08 bits per heavy atom. The number of benzene rings is 2. The Morgan fingerprint density at radius 2 is 1.85 bits per heavy atom. The van der Waals surface area contributed by atoms with Crippen LogP contribution < -0.4 is 5.32 Å². The van der Waals surface area contributed by atoms with Crippen LogP contribution in [-0.4, -0.2) is 25.6 Å². The molecule has 6 heteroatoms. The molecule has 1 amide bonds. The van der Waals surface area contributed by atoms with Gasteiger partial charge in [0.15, 0.2) is 9.84 Å². The van der Waals surface area contributed by atoms with Gasteiger partial charge in [0.05, 0.1) is 16.0 Å². The van der Waals surface area contributed by atoms with Crippen molar-refractivity contribution in [1.29, 1.82) is 0 Å². The average molecular weight is 366 g/mol. The Bertz CT molecular complexity index is 1120. The zero-order valence-electron chi connectivity index (χ0n) is 14.3. The monoisotopic (exact) mass is 366 g/mol. The Balaban J connectivity index is 1.73. The molecule has 0 unspecified atom stereocenters. The van der Waals surface area contributed by atoms with Gasteiger partial charge in [-0.1, -0.05) is 24.3 Å². The van der Waals surface area contributed by atoms with Gasteiger partial charge in [0, 0.05) is 28.9 Å². The van der Waals surface area contributed by atoms with Gasteiger partial charge in [0.2, 0.25) is 0 Å². The van der Waals surface area contributed by atoms with Crippen LogP contribution in [0.2, 0.25) is 0 Å². The van der Waals surface area contributed by atoms with Gasteiger partial charge in [-0.3, -0.25) is 9.78 Å². The first-order valence-corrected chi connectivity index (χ1v) is 10.3. The summed E-state index contributed by atoms with van der Waals surface area (Å²) in [5.41, 5.74) is 2.75. The number of aromatic nitrogens is 1. The third-order valence-electron chi connectivity index (χ3n) is 4.50. The van der Waals surface area contributed by atoms with Gasteiger partial charge < -0.3 is 5.32 Å². The number of fused-ring (bicyclic) bond motifs is 1. The fourth-order valence-electron chi connectivity index (χ4n) is 2.97. The summed E-state index contributed by atoms with van der Waals surface area (Å²) in [7, 11) is -3.33. The highest BCUT2D eigenvalue weighted by Crippen LogP contribution is 2.40. The minimum Gasteiger partial charge on any atom is -0.322 e. The average Bonchev–Trinajstić information content (AvgIpc) is 3.45. The lowest BCUT2D eigenvalue weighted by molar-refractivity contribution is 0.102. The number of para-hydroxylation sites is 1. The molecular weight excluding hydrogens is 348 g/mol. The third-order valence-corrected chi connectivity index (χ3v) is 5.61. The van der Waals surface area contributed by atoms with Gasteiger partial charge in [0.1, 0.15) is 0 Å². The fraction of sp³-hybridized carbons (Fsp3) is 0.200. The second-order valence-electron chi connectivity index (χ2n) is 6.64. The highest BCUT2D eigenvalue weighted by atomic mass is 32.2. The number of sulfone groups is 1. The van der Waals surface area contributed by atoms with Crippen molar-refractivity contribution >= 4 is 32.3 Å². The van der Waals surface area contributed by atoms with Crippen LogP contribution >= 0.6 is 0 Å². The van der Waals surface area contributed by atoms with E-state index in [0.717, 1.165) is 35.7 Å². The molecule has 0 saturated heterocycles. The molecule has 0 atom stereocenters. The zero-order valence-corrected chi connectivity index (χ0v) is 15.1. The third kappa shape index (κ3) is 3.32. The minimum absolute atomic E-state index is 0.175. The molecule has 3 aromatic rings. The normalized spacial score (nSPS) is 14.3. The van der Waals surface area contributed by atoms with Gasteiger partial charge in [-0.05, 0) is 43.2 Å². The second-order valence-corrected chi connectivity index (χ2v) is 8.66. The number of nitrogens with zero attached hydrogens (tertiary/aromatic N) is 1. The van der Waals surface area contributed by atoms with Crippen molar-refractivity contribution in [3.8, 4) is 0 Å². The van der Waals surface area contributed by atoms with Crippen LogP contribution in [0.1, 0.15) is 34.8 Å². The quantitative estimate of drug-likeness (QED) is 0.763. The summed E-state index contributed by atoms with van der Waals surface area (Å²) >= 11 is 0. The van der Waals surface area contributed by atoms with Gasteiger partial charge in [0.25, 0.3) is 5.91 Å². The van der Waals surface area contributed by atoms with Crippen molar-refractivity contribution < 1.29 is 13.2 Å². The van der Waals surface area contributed by atoms with E-state index < -0.39 is 9.84 Å². The summed E-state index contributed by atoms with van der Waals surface area (Å²) in [6.45, 7) is 0. The van der Waals surface area contributed by atoms with E-state index in [9.17, 15) is 13.2 Å². The maximum Gasteiger partial charge on any atom is 0.256 e. The molecule has 1 aliphatic rings. The van der Waals surface area contributed by atoms with Crippen molar-refractivity contribution in [1.82, 2.24) is 4.98 Å². The molecule has 5 nitrogen and oxygen atoms in total. The molecule has 26 heavy (non-hydrogen) atoms. The van der Waals surface area contributed by atoms with Crippen molar-refractivity contribution in [3.63, 3.8) is 0 Å². The van der Waals surface area contributed by atoms with Crippen LogP contribution in [0, 0.1) is 0 Å². The molecule has 1 N–H and O–H groups in total. The van der Waals surface area contributed by atoms with Crippen molar-refractivity contribution in [3.05, 3.63) is 65.9 Å². The highest BCUT2D eigenvalue weighted by Gasteiger charge is 2.27. The van der Waals surface area contributed by atoms with E-state index in [2.05, 4.69) is 10.3 Å². The number of amides is 1. The van der Waals surface area contributed by atoms with Gasteiger partial charge in [-0.25, -0.2) is 8.42 Å². The molecule has 0 radical (unpaired) electrons. The van der Waals surface area contributed by atoms with E-state index in [1.165, 1.54) is 12.1 Å². The lowest BCUT2D eigenvalue weighted by Crippen LogP contribution is -2.14. The van der Waals surface area contributed by atoms with E-state index in [1.807, 2.05) is 30.3 Å². The number of hydrogen-bond acceptors (Lipinski definition) is 4. The maximum atomic E-state index is 12.9. The zero-order chi connectivity index (χ0) is 18.3. The molecule has 132 valence electrons. The number of pyridine rings is 1. The Kier molecular flexibility index (Phi) is 4.00. The smallest absolute Gasteiger partial charge is 0.256 e. The summed E-state index contributed by atoms with van der Waals surface area (Å²) < 4.78 is 23.4. The number of rotatable bonds is 4. The van der Waals surface area contributed by atoms with Gasteiger partial charge in [-0.15, -0.1) is 0 Å². The molecule has 0 spiro atoms. The van der Waals surface area contributed by atoms with E-state index in [4.69, 9.17) is 0 Å². The summed E-state index contributed by atoms with van der Waals surface area (Å²) in [4.78, 5) is 17.7. The molecule has 2 aromatic carbocycles. The summed E-state index contributed by atoms with van der Waals surface area (Å²) in [6.07, 6.45) is 3.35. The fourth-order valence-corrected chi connectivity index (χ4v) is 3.64. The summed E-state index contributed by atoms with van der Waals surface area (Å²) in [5, 5.41) is 3.60. The number of nitrogens with one attached hydrogen (secondary N) is 1. The lowest BCUT2D eigenvalue weighted by atomic mass is 10.1. The SMILES string of the molecule is CS(=O)(=O)c1cccc(NC(=O)c2cc(C3CC3)nc3ccccc23)c1. The Hall–Kier alpha value is -2.73. The molecule has 0 bridgehead atoms. The largest absolute Gasteiger partial charge is 0.322 e. The van der Waals surface area contributed by atoms with E-state index in [0.29, 0.717) is 17.2 Å². The number of carbonyl (C=O) groups excluding carboxylic acids is 1. The molecule has 0 aliphatic heterocycles. The van der Waals surface area contributed by atoms with E-state index in [-0.39, 0.29) is 10.8 Å². The van der Waals surface area contributed by atoms with Crippen LogP contribution in [0.3, 0.4) is 0 Å². The number of hydrogen-bond donors (Lipinski definition) is 1. The van der Waals surface area contributed by atoms with Crippen molar-refractivity contribution in [2.75, 3.05) is 11.6 Å². The molecular formula is C20H18N2O3S. The molecule has 1 fully saturated rings. The summed E-state index contributed by atoms with van der Waals surface area (Å²) in [5.74, 6) is 0.163. The van der Waals surface area contributed by atoms with Crippen molar-refractivity contribution in [2.24, 2.45) is 0 Å². The lowest BCUT2D eigenvalue weighted by Gasteiger charge is -2.11. The number of anilines is 1. The van der Waals surface area contributed by atoms with E-state index in [1.54, 1.807) is 12.1 Å². The van der Waals surface area contributed by atoms with Crippen LogP contribution in [0.15, 0.2) is 59.5 Å². The van der Waals surface area contributed by atoms with Crippen LogP contribution in [0.5, 0.6) is 0 Å². The predicted molar refractivity (Wildman–Crippen MR) is 101 cm³/mol. The first kappa shape index (κ1) is 16.7. The molecule has 4 rings (SSSR count). The highest BCUT2D eigenvalue weighted by molar-refractivity contribution is 7.90. The first-order valence-electron chi connectivity index (χ1n) is 8.43. The molecule has 1 aromatic heterocycles. The standard InChI is InChI=1S/C20H18N2O3S/c1-26(24,25)15-6-4-5-14(11-15)21-20(23)17-12-19(13-9-10-13)22-18-8-3-2-7-16(17)18/h2-8,11-13H,9-10H2,1H3,(H,21,23). The van der Waals surface area contributed by atoms with Gasteiger partial charge in [-0.2, -0.15) is 0 Å². The second kappa shape index (κ2) is 6.21. The van der Waals surface area contributed by atoms with Gasteiger partial charge >= 0.3 is 0 Å². The van der Waals surface area contributed by atoms with Crippen LogP contribution in [-0.2, 0) is 9.84 Å². The molecule has 1 saturated carbocycles. The molecule has 1 aliphatic carbocycles. The van der Waals surface area contributed by atoms with Crippen molar-refractivity contribution in [2.45, 2.75) is 23.7 Å². The van der Waals surface area contributed by atoms with Crippen LogP contribution in [0.25, 0.3) is 10.9 Å². The topological polar surface area (TPSA) is 76.1 Å². The predicted octanol–water partition coefficient (Wildman–Crippen LogP) is 3.77. The minimum atomic E-state index is -3.33. The maximum absolute atomic E-state index is 12.9. The summed E-state index contributed by atoms with van der Waals surface area (Å²) in [6, 6.07) is 15.7. The Morgan fingerprint density at radius 3 is 2.58 bits per heavy atom. The molecule has 1 heterocycles. The van der Waals surface area contributed by atoms with E-state index >= 15 is 0 Å². The first-order chi connectivity index (χ1) is 12.4.